The summed E-state index contributed by atoms with van der Waals surface area (Å²) in [6.07, 6.45) is 2.08. The molecule has 7 nitrogen and oxygen atoms in total. The van der Waals surface area contributed by atoms with Gasteiger partial charge in [0.2, 0.25) is 0 Å². The van der Waals surface area contributed by atoms with E-state index in [9.17, 15) is 9.90 Å². The van der Waals surface area contributed by atoms with Gasteiger partial charge >= 0.3 is 0 Å². The zero-order valence-corrected chi connectivity index (χ0v) is 14.6. The molecule has 1 unspecified atom stereocenters. The van der Waals surface area contributed by atoms with Crippen molar-refractivity contribution >= 4 is 28.9 Å². The minimum Gasteiger partial charge on any atom is -0.386 e. The average Bonchev–Trinajstić information content (AvgIpc) is 3.19. The van der Waals surface area contributed by atoms with Gasteiger partial charge in [0.05, 0.1) is 4.88 Å². The molecule has 0 radical (unpaired) electrons. The van der Waals surface area contributed by atoms with Gasteiger partial charge in [-0.3, -0.25) is 4.79 Å². The predicted octanol–water partition coefficient (Wildman–Crippen LogP) is 1.26. The van der Waals surface area contributed by atoms with Crippen molar-refractivity contribution in [2.75, 3.05) is 36.9 Å². The predicted molar refractivity (Wildman–Crippen MR) is 94.7 cm³/mol. The standard InChI is InChI=1S/C16H21N5O2S/c1-11-3-4-12(24-11)15(22)18-8-16(23)5-6-21(9-16)14-7-13(17-2)19-10-20-14/h3-4,7,10,23H,5-6,8-9H2,1-2H3,(H,18,22)(H,17,19,20). The number of β-amino-alcohol motifs (C(OH)–C–C–N with tert-alkyl or cyclic N) is 1. The van der Waals surface area contributed by atoms with Gasteiger partial charge in [-0.2, -0.15) is 0 Å². The Morgan fingerprint density at radius 2 is 2.29 bits per heavy atom. The van der Waals surface area contributed by atoms with E-state index >= 15 is 0 Å². The van der Waals surface area contributed by atoms with Crippen LogP contribution < -0.4 is 15.5 Å². The van der Waals surface area contributed by atoms with Crippen molar-refractivity contribution < 1.29 is 9.90 Å². The van der Waals surface area contributed by atoms with Crippen molar-refractivity contribution in [3.05, 3.63) is 34.3 Å². The molecule has 1 saturated heterocycles. The first-order valence-electron chi connectivity index (χ1n) is 7.81. The maximum Gasteiger partial charge on any atom is 0.261 e. The fraction of sp³-hybridized carbons (Fsp3) is 0.438. The summed E-state index contributed by atoms with van der Waals surface area (Å²) < 4.78 is 0. The number of rotatable bonds is 5. The number of nitrogens with zero attached hydrogens (tertiary/aromatic N) is 3. The molecule has 1 atom stereocenters. The molecule has 3 N–H and O–H groups in total. The second-order valence-corrected chi connectivity index (χ2v) is 7.29. The quantitative estimate of drug-likeness (QED) is 0.754. The summed E-state index contributed by atoms with van der Waals surface area (Å²) in [5, 5.41) is 16.6. The number of aliphatic hydroxyl groups is 1. The third-order valence-corrected chi connectivity index (χ3v) is 5.11. The van der Waals surface area contributed by atoms with E-state index in [4.69, 9.17) is 0 Å². The number of aryl methyl sites for hydroxylation is 1. The van der Waals surface area contributed by atoms with Crippen LogP contribution in [0.4, 0.5) is 11.6 Å². The first kappa shape index (κ1) is 16.7. The fourth-order valence-electron chi connectivity index (χ4n) is 2.74. The SMILES string of the molecule is CNc1cc(N2CCC(O)(CNC(=O)c3ccc(C)s3)C2)ncn1. The van der Waals surface area contributed by atoms with Crippen LogP contribution in [0.25, 0.3) is 0 Å². The highest BCUT2D eigenvalue weighted by Crippen LogP contribution is 2.26. The zero-order chi connectivity index (χ0) is 17.2. The molecule has 24 heavy (non-hydrogen) atoms. The van der Waals surface area contributed by atoms with E-state index in [1.54, 1.807) is 13.1 Å². The maximum atomic E-state index is 12.1. The van der Waals surface area contributed by atoms with E-state index in [0.29, 0.717) is 24.4 Å². The van der Waals surface area contributed by atoms with Gasteiger partial charge in [0.15, 0.2) is 0 Å². The van der Waals surface area contributed by atoms with E-state index in [0.717, 1.165) is 16.5 Å². The third-order valence-electron chi connectivity index (χ3n) is 4.11. The van der Waals surface area contributed by atoms with Crippen molar-refractivity contribution in [3.63, 3.8) is 0 Å². The third kappa shape index (κ3) is 3.65. The molecule has 0 aliphatic carbocycles. The number of hydrogen-bond donors (Lipinski definition) is 3. The summed E-state index contributed by atoms with van der Waals surface area (Å²) in [6, 6.07) is 5.57. The number of nitrogens with one attached hydrogen (secondary N) is 2. The first-order valence-corrected chi connectivity index (χ1v) is 8.62. The summed E-state index contributed by atoms with van der Waals surface area (Å²) >= 11 is 1.45. The summed E-state index contributed by atoms with van der Waals surface area (Å²) in [5.74, 6) is 1.36. The molecule has 3 rings (SSSR count). The fourth-order valence-corrected chi connectivity index (χ4v) is 3.53. The summed E-state index contributed by atoms with van der Waals surface area (Å²) in [7, 11) is 1.80. The van der Waals surface area contributed by atoms with Crippen LogP contribution >= 0.6 is 11.3 Å². The van der Waals surface area contributed by atoms with Gasteiger partial charge in [-0.1, -0.05) is 0 Å². The van der Waals surface area contributed by atoms with Crippen LogP contribution in [0, 0.1) is 6.92 Å². The summed E-state index contributed by atoms with van der Waals surface area (Å²) in [6.45, 7) is 3.30. The lowest BCUT2D eigenvalue weighted by Crippen LogP contribution is -2.45. The Kier molecular flexibility index (Phi) is 4.68. The van der Waals surface area contributed by atoms with Crippen molar-refractivity contribution in [1.82, 2.24) is 15.3 Å². The zero-order valence-electron chi connectivity index (χ0n) is 13.7. The Hall–Kier alpha value is -2.19. The molecule has 0 saturated carbocycles. The molecule has 8 heteroatoms. The van der Waals surface area contributed by atoms with Crippen LogP contribution in [0.2, 0.25) is 0 Å². The van der Waals surface area contributed by atoms with E-state index < -0.39 is 5.60 Å². The molecule has 0 bridgehead atoms. The lowest BCUT2D eigenvalue weighted by atomic mass is 10.0. The second kappa shape index (κ2) is 6.74. The Bertz CT molecular complexity index is 735. The van der Waals surface area contributed by atoms with E-state index in [1.807, 2.05) is 24.0 Å². The maximum absolute atomic E-state index is 12.1. The Morgan fingerprint density at radius 3 is 3.00 bits per heavy atom. The van der Waals surface area contributed by atoms with Gasteiger partial charge in [-0.25, -0.2) is 9.97 Å². The molecule has 0 spiro atoms. The first-order chi connectivity index (χ1) is 11.5. The van der Waals surface area contributed by atoms with Gasteiger partial charge < -0.3 is 20.6 Å². The lowest BCUT2D eigenvalue weighted by molar-refractivity contribution is 0.0577. The Labute approximate surface area is 144 Å². The highest BCUT2D eigenvalue weighted by Gasteiger charge is 2.37. The molecule has 2 aromatic heterocycles. The largest absolute Gasteiger partial charge is 0.386 e. The Balaban J connectivity index is 1.60. The van der Waals surface area contributed by atoms with Crippen molar-refractivity contribution in [2.24, 2.45) is 0 Å². The molecule has 1 aliphatic heterocycles. The normalized spacial score (nSPS) is 20.2. The molecule has 1 aliphatic rings. The van der Waals surface area contributed by atoms with Gasteiger partial charge in [0.1, 0.15) is 23.6 Å². The van der Waals surface area contributed by atoms with Crippen LogP contribution in [0.5, 0.6) is 0 Å². The molecule has 1 fully saturated rings. The number of carbonyl (C=O) groups excluding carboxylic acids is 1. The van der Waals surface area contributed by atoms with Crippen LogP contribution in [-0.4, -0.2) is 53.3 Å². The molecule has 0 aromatic carbocycles. The highest BCUT2D eigenvalue weighted by atomic mass is 32.1. The van der Waals surface area contributed by atoms with Crippen molar-refractivity contribution in [3.8, 4) is 0 Å². The highest BCUT2D eigenvalue weighted by molar-refractivity contribution is 7.13. The number of amides is 1. The van der Waals surface area contributed by atoms with Gasteiger partial charge in [-0.05, 0) is 25.5 Å². The van der Waals surface area contributed by atoms with Gasteiger partial charge in [-0.15, -0.1) is 11.3 Å². The smallest absolute Gasteiger partial charge is 0.261 e. The van der Waals surface area contributed by atoms with Gasteiger partial charge in [0, 0.05) is 37.6 Å². The van der Waals surface area contributed by atoms with Crippen LogP contribution in [0.1, 0.15) is 21.0 Å². The molecule has 2 aromatic rings. The van der Waals surface area contributed by atoms with E-state index in [1.165, 1.54) is 17.7 Å². The molecular weight excluding hydrogens is 326 g/mol. The molecule has 128 valence electrons. The summed E-state index contributed by atoms with van der Waals surface area (Å²) in [5.41, 5.74) is -0.952. The number of aromatic nitrogens is 2. The van der Waals surface area contributed by atoms with E-state index in [-0.39, 0.29) is 12.5 Å². The van der Waals surface area contributed by atoms with Crippen LogP contribution in [0.15, 0.2) is 24.5 Å². The van der Waals surface area contributed by atoms with Crippen LogP contribution in [0.3, 0.4) is 0 Å². The van der Waals surface area contributed by atoms with Crippen LogP contribution in [-0.2, 0) is 0 Å². The Morgan fingerprint density at radius 1 is 1.46 bits per heavy atom. The van der Waals surface area contributed by atoms with Crippen molar-refractivity contribution in [1.29, 1.82) is 0 Å². The lowest BCUT2D eigenvalue weighted by Gasteiger charge is -2.24. The minimum atomic E-state index is -0.952. The monoisotopic (exact) mass is 347 g/mol. The number of thiophene rings is 1. The summed E-state index contributed by atoms with van der Waals surface area (Å²) in [4.78, 5) is 24.3. The topological polar surface area (TPSA) is 90.4 Å². The number of hydrogen-bond acceptors (Lipinski definition) is 7. The van der Waals surface area contributed by atoms with Gasteiger partial charge in [0.25, 0.3) is 5.91 Å². The minimum absolute atomic E-state index is 0.139. The second-order valence-electron chi connectivity index (χ2n) is 6.00. The number of carbonyl (C=O) groups is 1. The molecule has 3 heterocycles. The molecule has 1 amide bonds. The van der Waals surface area contributed by atoms with Crippen molar-refractivity contribution in [2.45, 2.75) is 18.9 Å². The number of anilines is 2. The van der Waals surface area contributed by atoms with E-state index in [2.05, 4.69) is 20.6 Å². The molecular formula is C16H21N5O2S. The average molecular weight is 347 g/mol.